The molecule has 3 aromatic rings. The van der Waals surface area contributed by atoms with E-state index < -0.39 is 28.1 Å². The SMILES string of the molecule is COc1ccccc1N1CCN(c2ccc(C(=O)O)cc2NS(=O)(=O)c2cccc(C)c2)CC1.O=C(O)C(F)(F)F. The van der Waals surface area contributed by atoms with Gasteiger partial charge in [0.05, 0.1) is 34.6 Å². The molecule has 0 saturated carbocycles. The number of anilines is 3. The van der Waals surface area contributed by atoms with Crippen LogP contribution in [0, 0.1) is 6.92 Å². The molecule has 0 unspecified atom stereocenters. The number of hydrogen-bond donors (Lipinski definition) is 3. The number of nitrogens with one attached hydrogen (secondary N) is 1. The molecular weight excluding hydrogens is 567 g/mol. The first-order valence-corrected chi connectivity index (χ1v) is 13.6. The maximum absolute atomic E-state index is 13.1. The normalized spacial score (nSPS) is 13.6. The van der Waals surface area contributed by atoms with Gasteiger partial charge in [0.15, 0.2) is 0 Å². The van der Waals surface area contributed by atoms with E-state index in [1.54, 1.807) is 25.3 Å². The summed E-state index contributed by atoms with van der Waals surface area (Å²) in [7, 11) is -2.25. The van der Waals surface area contributed by atoms with Gasteiger partial charge in [-0.25, -0.2) is 18.0 Å². The van der Waals surface area contributed by atoms with E-state index in [0.717, 1.165) is 17.0 Å². The van der Waals surface area contributed by atoms with Gasteiger partial charge in [0.1, 0.15) is 5.75 Å². The molecule has 0 spiro atoms. The summed E-state index contributed by atoms with van der Waals surface area (Å²) in [6.07, 6.45) is -5.08. The second-order valence-electron chi connectivity index (χ2n) is 8.91. The van der Waals surface area contributed by atoms with Crippen LogP contribution >= 0.6 is 0 Å². The van der Waals surface area contributed by atoms with Gasteiger partial charge in [-0.2, -0.15) is 13.2 Å². The van der Waals surface area contributed by atoms with Gasteiger partial charge in [-0.05, 0) is 55.0 Å². The summed E-state index contributed by atoms with van der Waals surface area (Å²) >= 11 is 0. The Morgan fingerprint density at radius 1 is 0.878 bits per heavy atom. The molecule has 1 saturated heterocycles. The van der Waals surface area contributed by atoms with Gasteiger partial charge in [0.2, 0.25) is 0 Å². The van der Waals surface area contributed by atoms with Crippen LogP contribution in [0.2, 0.25) is 0 Å². The number of aryl methyl sites for hydroxylation is 1. The van der Waals surface area contributed by atoms with Gasteiger partial charge in [0, 0.05) is 26.2 Å². The second kappa shape index (κ2) is 12.8. The van der Waals surface area contributed by atoms with Crippen molar-refractivity contribution in [1.82, 2.24) is 0 Å². The summed E-state index contributed by atoms with van der Waals surface area (Å²) in [6, 6.07) is 18.9. The molecule has 3 N–H and O–H groups in total. The number of rotatable bonds is 7. The van der Waals surface area contributed by atoms with Crippen LogP contribution in [-0.4, -0.2) is 70.0 Å². The Hall–Kier alpha value is -4.46. The van der Waals surface area contributed by atoms with Crippen molar-refractivity contribution in [2.45, 2.75) is 18.0 Å². The number of aliphatic carboxylic acids is 1. The number of carbonyl (C=O) groups is 2. The van der Waals surface area contributed by atoms with E-state index in [1.165, 1.54) is 18.2 Å². The van der Waals surface area contributed by atoms with Crippen molar-refractivity contribution in [1.29, 1.82) is 0 Å². The van der Waals surface area contributed by atoms with Gasteiger partial charge in [-0.15, -0.1) is 0 Å². The zero-order valence-corrected chi connectivity index (χ0v) is 22.9. The lowest BCUT2D eigenvalue weighted by Crippen LogP contribution is -2.46. The van der Waals surface area contributed by atoms with E-state index in [4.69, 9.17) is 14.6 Å². The number of carboxylic acids is 2. The standard InChI is InChI=1S/C25H27N3O5S.C2HF3O2/c1-18-6-5-7-20(16-18)34(31,32)26-21-17-19(25(29)30)10-11-22(21)27-12-14-28(15-13-27)23-8-3-4-9-24(23)33-2;3-2(4,5)1(6)7/h3-11,16-17,26H,12-15H2,1-2H3,(H,29,30);(H,6,7). The van der Waals surface area contributed by atoms with Crippen molar-refractivity contribution in [3.63, 3.8) is 0 Å². The maximum atomic E-state index is 13.1. The van der Waals surface area contributed by atoms with Crippen LogP contribution < -0.4 is 19.3 Å². The lowest BCUT2D eigenvalue weighted by atomic mass is 10.1. The summed E-state index contributed by atoms with van der Waals surface area (Å²) in [5.41, 5.74) is 2.72. The monoisotopic (exact) mass is 595 g/mol. The summed E-state index contributed by atoms with van der Waals surface area (Å²) in [6.45, 7) is 4.47. The number of sulfonamides is 1. The molecule has 0 radical (unpaired) electrons. The molecule has 14 heteroatoms. The van der Waals surface area contributed by atoms with Crippen LogP contribution in [0.25, 0.3) is 0 Å². The molecule has 10 nitrogen and oxygen atoms in total. The first kappa shape index (κ1) is 31.1. The Balaban J connectivity index is 0.000000587. The van der Waals surface area contributed by atoms with Crippen molar-refractivity contribution in [2.75, 3.05) is 47.8 Å². The highest BCUT2D eigenvalue weighted by Gasteiger charge is 2.38. The minimum absolute atomic E-state index is 0.0124. The third-order valence-electron chi connectivity index (χ3n) is 6.08. The zero-order chi connectivity index (χ0) is 30.4. The number of carboxylic acid groups (broad SMARTS) is 2. The molecule has 0 atom stereocenters. The maximum Gasteiger partial charge on any atom is 0.490 e. The predicted octanol–water partition coefficient (Wildman–Crippen LogP) is 4.46. The molecule has 1 heterocycles. The number of para-hydroxylation sites is 2. The Morgan fingerprint density at radius 3 is 2.00 bits per heavy atom. The van der Waals surface area contributed by atoms with Crippen LogP contribution in [-0.2, 0) is 14.8 Å². The van der Waals surface area contributed by atoms with Gasteiger partial charge in [-0.3, -0.25) is 4.72 Å². The smallest absolute Gasteiger partial charge is 0.490 e. The number of halogens is 3. The molecule has 41 heavy (non-hydrogen) atoms. The highest BCUT2D eigenvalue weighted by atomic mass is 32.2. The van der Waals surface area contributed by atoms with Crippen molar-refractivity contribution in [2.24, 2.45) is 0 Å². The zero-order valence-electron chi connectivity index (χ0n) is 22.1. The highest BCUT2D eigenvalue weighted by Crippen LogP contribution is 2.33. The van der Waals surface area contributed by atoms with Gasteiger partial charge < -0.3 is 24.7 Å². The minimum atomic E-state index is -5.08. The summed E-state index contributed by atoms with van der Waals surface area (Å²) in [4.78, 5) is 24.9. The van der Waals surface area contributed by atoms with Gasteiger partial charge in [0.25, 0.3) is 10.0 Å². The largest absolute Gasteiger partial charge is 0.495 e. The first-order valence-electron chi connectivity index (χ1n) is 12.1. The van der Waals surface area contributed by atoms with Crippen molar-refractivity contribution in [3.05, 3.63) is 77.9 Å². The van der Waals surface area contributed by atoms with E-state index in [1.807, 2.05) is 37.3 Å². The first-order chi connectivity index (χ1) is 19.2. The molecule has 0 bridgehead atoms. The van der Waals surface area contributed by atoms with E-state index >= 15 is 0 Å². The third-order valence-corrected chi connectivity index (χ3v) is 7.44. The number of benzene rings is 3. The van der Waals surface area contributed by atoms with E-state index in [-0.39, 0.29) is 16.1 Å². The lowest BCUT2D eigenvalue weighted by Gasteiger charge is -2.38. The molecule has 0 aromatic heterocycles. The third kappa shape index (κ3) is 8.03. The van der Waals surface area contributed by atoms with E-state index in [2.05, 4.69) is 14.5 Å². The predicted molar refractivity (Wildman–Crippen MR) is 146 cm³/mol. The molecule has 0 aliphatic carbocycles. The van der Waals surface area contributed by atoms with E-state index in [9.17, 15) is 31.5 Å². The molecule has 1 aliphatic heterocycles. The van der Waals surface area contributed by atoms with Crippen LogP contribution in [0.1, 0.15) is 15.9 Å². The topological polar surface area (TPSA) is 136 Å². The average Bonchev–Trinajstić information content (AvgIpc) is 2.92. The minimum Gasteiger partial charge on any atom is -0.495 e. The Bertz CT molecular complexity index is 1510. The number of hydrogen-bond acceptors (Lipinski definition) is 7. The lowest BCUT2D eigenvalue weighted by molar-refractivity contribution is -0.192. The molecule has 1 fully saturated rings. The van der Waals surface area contributed by atoms with E-state index in [0.29, 0.717) is 31.9 Å². The van der Waals surface area contributed by atoms with Crippen LogP contribution in [0.3, 0.4) is 0 Å². The second-order valence-corrected chi connectivity index (χ2v) is 10.6. The van der Waals surface area contributed by atoms with Crippen molar-refractivity contribution >= 4 is 39.0 Å². The Kier molecular flexibility index (Phi) is 9.71. The molecule has 1 aliphatic rings. The van der Waals surface area contributed by atoms with Crippen LogP contribution in [0.5, 0.6) is 5.75 Å². The fourth-order valence-corrected chi connectivity index (χ4v) is 5.26. The number of alkyl halides is 3. The Labute approximate surface area is 234 Å². The van der Waals surface area contributed by atoms with Crippen LogP contribution in [0.4, 0.5) is 30.2 Å². The number of nitrogens with zero attached hydrogens (tertiary/aromatic N) is 2. The molecule has 4 rings (SSSR count). The highest BCUT2D eigenvalue weighted by molar-refractivity contribution is 7.92. The number of piperazine rings is 1. The molecule has 3 aromatic carbocycles. The quantitative estimate of drug-likeness (QED) is 0.362. The number of methoxy groups -OCH3 is 1. The van der Waals surface area contributed by atoms with Crippen molar-refractivity contribution in [3.8, 4) is 5.75 Å². The fourth-order valence-electron chi connectivity index (χ4n) is 4.09. The van der Waals surface area contributed by atoms with Gasteiger partial charge >= 0.3 is 18.1 Å². The molecule has 220 valence electrons. The molecular formula is C27H28F3N3O7S. The number of ether oxygens (including phenoxy) is 1. The summed E-state index contributed by atoms with van der Waals surface area (Å²) in [5, 5.41) is 16.6. The van der Waals surface area contributed by atoms with Gasteiger partial charge in [-0.1, -0.05) is 24.3 Å². The fraction of sp³-hybridized carbons (Fsp3) is 0.259. The summed E-state index contributed by atoms with van der Waals surface area (Å²) in [5.74, 6) is -3.08. The average molecular weight is 596 g/mol. The van der Waals surface area contributed by atoms with Crippen molar-refractivity contribution < 1.29 is 46.1 Å². The summed E-state index contributed by atoms with van der Waals surface area (Å²) < 4.78 is 66.0. The van der Waals surface area contributed by atoms with Crippen LogP contribution in [0.15, 0.2) is 71.6 Å². The Morgan fingerprint density at radius 2 is 1.46 bits per heavy atom. The number of aromatic carboxylic acids is 1. The molecule has 0 amide bonds.